The quantitative estimate of drug-likeness (QED) is 0.847. The van der Waals surface area contributed by atoms with E-state index in [1.165, 1.54) is 17.5 Å². The second-order valence-corrected chi connectivity index (χ2v) is 7.33. The molecule has 21 heavy (non-hydrogen) atoms. The lowest BCUT2D eigenvalue weighted by molar-refractivity contribution is -0.00771. The lowest BCUT2D eigenvalue weighted by Gasteiger charge is -2.40. The molecular weight excluding hydrogens is 299 g/mol. The summed E-state index contributed by atoms with van der Waals surface area (Å²) in [5.41, 5.74) is 4.89. The van der Waals surface area contributed by atoms with E-state index in [0.29, 0.717) is 6.61 Å². The molecule has 1 heterocycles. The predicted octanol–water partition coefficient (Wildman–Crippen LogP) is 1.22. The highest BCUT2D eigenvalue weighted by atomic mass is 32.2. The van der Waals surface area contributed by atoms with Gasteiger partial charge in [0.2, 0.25) is 10.0 Å². The summed E-state index contributed by atoms with van der Waals surface area (Å²) in [5, 5.41) is 0. The maximum Gasteiger partial charge on any atom is 0.243 e. The first-order valence-electron chi connectivity index (χ1n) is 6.44. The smallest absolute Gasteiger partial charge is 0.243 e. The SMILES string of the molecule is COc1c(N)cc(S(=O)(=O)N2CCOCC2(C)C)cc1F. The normalized spacial score (nSPS) is 19.4. The minimum atomic E-state index is -3.86. The zero-order chi connectivity index (χ0) is 15.8. The number of morpholine rings is 1. The van der Waals surface area contributed by atoms with Crippen LogP contribution in [0.5, 0.6) is 5.75 Å². The second-order valence-electron chi connectivity index (χ2n) is 5.47. The van der Waals surface area contributed by atoms with E-state index in [-0.39, 0.29) is 29.5 Å². The number of rotatable bonds is 3. The molecule has 0 saturated carbocycles. The first-order valence-corrected chi connectivity index (χ1v) is 7.88. The van der Waals surface area contributed by atoms with Gasteiger partial charge in [-0.3, -0.25) is 0 Å². The summed E-state index contributed by atoms with van der Waals surface area (Å²) < 4.78 is 50.7. The van der Waals surface area contributed by atoms with Gasteiger partial charge in [-0.25, -0.2) is 12.8 Å². The number of hydrogen-bond donors (Lipinski definition) is 1. The third kappa shape index (κ3) is 2.83. The fraction of sp³-hybridized carbons (Fsp3) is 0.538. The third-order valence-corrected chi connectivity index (χ3v) is 5.50. The maximum atomic E-state index is 13.9. The van der Waals surface area contributed by atoms with Gasteiger partial charge in [0.05, 0.1) is 36.4 Å². The summed E-state index contributed by atoms with van der Waals surface area (Å²) in [6, 6.07) is 2.14. The number of anilines is 1. The summed E-state index contributed by atoms with van der Waals surface area (Å²) in [6.07, 6.45) is 0. The van der Waals surface area contributed by atoms with Crippen molar-refractivity contribution >= 4 is 15.7 Å². The predicted molar refractivity (Wildman–Crippen MR) is 76.2 cm³/mol. The van der Waals surface area contributed by atoms with Crippen LogP contribution < -0.4 is 10.5 Å². The molecule has 2 rings (SSSR count). The van der Waals surface area contributed by atoms with E-state index in [1.54, 1.807) is 13.8 Å². The number of benzene rings is 1. The van der Waals surface area contributed by atoms with Crippen LogP contribution in [0.4, 0.5) is 10.1 Å². The Morgan fingerprint density at radius 3 is 2.62 bits per heavy atom. The van der Waals surface area contributed by atoms with Crippen LogP contribution in [0, 0.1) is 5.82 Å². The molecule has 0 radical (unpaired) electrons. The molecule has 1 aromatic rings. The van der Waals surface area contributed by atoms with Crippen molar-refractivity contribution in [2.24, 2.45) is 0 Å². The second kappa shape index (κ2) is 5.43. The molecule has 1 fully saturated rings. The number of hydrogen-bond acceptors (Lipinski definition) is 5. The molecule has 1 aliphatic heterocycles. The van der Waals surface area contributed by atoms with Crippen LogP contribution in [-0.2, 0) is 14.8 Å². The van der Waals surface area contributed by atoms with Gasteiger partial charge in [0.25, 0.3) is 0 Å². The van der Waals surface area contributed by atoms with Crippen molar-refractivity contribution in [1.82, 2.24) is 4.31 Å². The number of halogens is 1. The van der Waals surface area contributed by atoms with E-state index in [4.69, 9.17) is 15.2 Å². The number of methoxy groups -OCH3 is 1. The number of nitrogens with zero attached hydrogens (tertiary/aromatic N) is 1. The first-order chi connectivity index (χ1) is 9.70. The van der Waals surface area contributed by atoms with Crippen molar-refractivity contribution < 1.29 is 22.3 Å². The van der Waals surface area contributed by atoms with Crippen molar-refractivity contribution in [2.45, 2.75) is 24.3 Å². The Balaban J connectivity index is 2.49. The molecule has 6 nitrogen and oxygen atoms in total. The van der Waals surface area contributed by atoms with Gasteiger partial charge in [-0.1, -0.05) is 0 Å². The van der Waals surface area contributed by atoms with Crippen LogP contribution in [0.15, 0.2) is 17.0 Å². The Bertz CT molecular complexity index is 623. The number of sulfonamides is 1. The van der Waals surface area contributed by atoms with Crippen molar-refractivity contribution in [3.8, 4) is 5.75 Å². The number of nitrogens with two attached hydrogens (primary N) is 1. The van der Waals surface area contributed by atoms with Gasteiger partial charge >= 0.3 is 0 Å². The van der Waals surface area contributed by atoms with Crippen LogP contribution in [0.3, 0.4) is 0 Å². The van der Waals surface area contributed by atoms with Crippen molar-refractivity contribution in [2.75, 3.05) is 32.6 Å². The van der Waals surface area contributed by atoms with Gasteiger partial charge in [-0.2, -0.15) is 4.31 Å². The van der Waals surface area contributed by atoms with Gasteiger partial charge in [0.15, 0.2) is 11.6 Å². The zero-order valence-corrected chi connectivity index (χ0v) is 13.0. The number of ether oxygens (including phenoxy) is 2. The molecule has 0 aromatic heterocycles. The lowest BCUT2D eigenvalue weighted by Crippen LogP contribution is -2.55. The van der Waals surface area contributed by atoms with E-state index < -0.39 is 21.4 Å². The maximum absolute atomic E-state index is 13.9. The lowest BCUT2D eigenvalue weighted by atomic mass is 10.1. The minimum Gasteiger partial charge on any atom is -0.492 e. The van der Waals surface area contributed by atoms with E-state index in [0.717, 1.165) is 6.07 Å². The van der Waals surface area contributed by atoms with Crippen LogP contribution in [0.25, 0.3) is 0 Å². The fourth-order valence-electron chi connectivity index (χ4n) is 2.37. The van der Waals surface area contributed by atoms with Gasteiger partial charge in [-0.05, 0) is 26.0 Å². The highest BCUT2D eigenvalue weighted by Gasteiger charge is 2.40. The summed E-state index contributed by atoms with van der Waals surface area (Å²) in [4.78, 5) is -0.187. The third-order valence-electron chi connectivity index (χ3n) is 3.41. The molecular formula is C13H19FN2O4S. The molecule has 1 aliphatic rings. The molecule has 0 aliphatic carbocycles. The highest BCUT2D eigenvalue weighted by Crippen LogP contribution is 2.32. The van der Waals surface area contributed by atoms with Gasteiger partial charge in [0.1, 0.15) is 0 Å². The Morgan fingerprint density at radius 1 is 1.43 bits per heavy atom. The summed E-state index contributed by atoms with van der Waals surface area (Å²) in [7, 11) is -2.59. The largest absolute Gasteiger partial charge is 0.492 e. The molecule has 8 heteroatoms. The molecule has 0 unspecified atom stereocenters. The molecule has 1 saturated heterocycles. The average molecular weight is 318 g/mol. The average Bonchev–Trinajstić information content (AvgIpc) is 2.37. The Morgan fingerprint density at radius 2 is 2.10 bits per heavy atom. The van der Waals surface area contributed by atoms with Crippen LogP contribution >= 0.6 is 0 Å². The van der Waals surface area contributed by atoms with Crippen LogP contribution in [0.2, 0.25) is 0 Å². The van der Waals surface area contributed by atoms with E-state index in [2.05, 4.69) is 0 Å². The molecule has 0 bridgehead atoms. The van der Waals surface area contributed by atoms with Crippen LogP contribution in [-0.4, -0.2) is 45.1 Å². The van der Waals surface area contributed by atoms with E-state index >= 15 is 0 Å². The number of nitrogen functional groups attached to an aromatic ring is 1. The van der Waals surface area contributed by atoms with Crippen molar-refractivity contribution in [1.29, 1.82) is 0 Å². The topological polar surface area (TPSA) is 81.9 Å². The van der Waals surface area contributed by atoms with Crippen molar-refractivity contribution in [3.05, 3.63) is 17.9 Å². The van der Waals surface area contributed by atoms with Gasteiger partial charge in [0, 0.05) is 6.54 Å². The minimum absolute atomic E-state index is 0.0536. The van der Waals surface area contributed by atoms with Gasteiger partial charge in [-0.15, -0.1) is 0 Å². The summed E-state index contributed by atoms with van der Waals surface area (Å²) >= 11 is 0. The molecule has 0 amide bonds. The highest BCUT2D eigenvalue weighted by molar-refractivity contribution is 7.89. The Kier molecular flexibility index (Phi) is 4.14. The molecule has 118 valence electrons. The Hall–Kier alpha value is -1.38. The molecule has 0 atom stereocenters. The van der Waals surface area contributed by atoms with E-state index in [1.807, 2.05) is 0 Å². The molecule has 0 spiro atoms. The standard InChI is InChI=1S/C13H19FN2O4S/c1-13(2)8-20-5-4-16(13)21(17,18)9-6-10(14)12(19-3)11(15)7-9/h6-7H,4-5,8,15H2,1-3H3. The van der Waals surface area contributed by atoms with Gasteiger partial charge < -0.3 is 15.2 Å². The fourth-order valence-corrected chi connectivity index (χ4v) is 4.17. The summed E-state index contributed by atoms with van der Waals surface area (Å²) in [5.74, 6) is -0.961. The van der Waals surface area contributed by atoms with Crippen LogP contribution in [0.1, 0.15) is 13.8 Å². The van der Waals surface area contributed by atoms with E-state index in [9.17, 15) is 12.8 Å². The van der Waals surface area contributed by atoms with Crippen molar-refractivity contribution in [3.63, 3.8) is 0 Å². The molecule has 2 N–H and O–H groups in total. The summed E-state index contributed by atoms with van der Waals surface area (Å²) in [6.45, 7) is 4.31. The Labute approximate surface area is 123 Å². The first kappa shape index (κ1) is 16.0. The molecule has 1 aromatic carbocycles. The monoisotopic (exact) mass is 318 g/mol. The zero-order valence-electron chi connectivity index (χ0n) is 12.2.